The Labute approximate surface area is 187 Å². The van der Waals surface area contributed by atoms with E-state index in [1.165, 1.54) is 12.8 Å². The summed E-state index contributed by atoms with van der Waals surface area (Å²) in [4.78, 5) is 24.0. The molecule has 32 heavy (non-hydrogen) atoms. The molecule has 2 heterocycles. The van der Waals surface area contributed by atoms with Crippen LogP contribution >= 0.6 is 0 Å². The summed E-state index contributed by atoms with van der Waals surface area (Å²) in [6, 6.07) is 13.5. The molecule has 2 N–H and O–H groups in total. The first-order chi connectivity index (χ1) is 15.4. The first-order valence-corrected chi connectivity index (χ1v) is 10.9. The minimum absolute atomic E-state index is 0.0108. The van der Waals surface area contributed by atoms with Crippen LogP contribution in [0, 0.1) is 5.92 Å². The first-order valence-electron chi connectivity index (χ1n) is 10.9. The van der Waals surface area contributed by atoms with Gasteiger partial charge in [0.05, 0.1) is 30.9 Å². The van der Waals surface area contributed by atoms with Crippen molar-refractivity contribution in [1.82, 2.24) is 15.3 Å². The van der Waals surface area contributed by atoms with Gasteiger partial charge in [-0.3, -0.25) is 4.79 Å². The van der Waals surface area contributed by atoms with E-state index in [0.29, 0.717) is 28.8 Å². The van der Waals surface area contributed by atoms with Gasteiger partial charge >= 0.3 is 0 Å². The molecule has 0 bridgehead atoms. The van der Waals surface area contributed by atoms with Crippen molar-refractivity contribution in [2.45, 2.75) is 32.2 Å². The molecule has 3 aromatic rings. The number of nitrogens with zero attached hydrogens (tertiary/aromatic N) is 2. The van der Waals surface area contributed by atoms with Gasteiger partial charge in [0.25, 0.3) is 0 Å². The van der Waals surface area contributed by atoms with Gasteiger partial charge in [-0.05, 0) is 44.7 Å². The number of fused-ring (bicyclic) bond motifs is 1. The summed E-state index contributed by atoms with van der Waals surface area (Å²) in [7, 11) is 3.25. The van der Waals surface area contributed by atoms with Gasteiger partial charge in [-0.25, -0.2) is 4.98 Å². The zero-order valence-electron chi connectivity index (χ0n) is 18.9. The first kappa shape index (κ1) is 20.4. The fourth-order valence-corrected chi connectivity index (χ4v) is 4.30. The predicted molar refractivity (Wildman–Crippen MR) is 125 cm³/mol. The fourth-order valence-electron chi connectivity index (χ4n) is 4.30. The number of H-pyrrole nitrogens is 1. The topological polar surface area (TPSA) is 79.5 Å². The van der Waals surface area contributed by atoms with E-state index in [4.69, 9.17) is 14.5 Å². The van der Waals surface area contributed by atoms with Crippen LogP contribution in [0.25, 0.3) is 16.6 Å². The summed E-state index contributed by atoms with van der Waals surface area (Å²) < 4.78 is 11.0. The fraction of sp³-hybridized carbons (Fsp3) is 0.360. The smallest absolute Gasteiger partial charge is 0.195 e. The van der Waals surface area contributed by atoms with Crippen molar-refractivity contribution < 1.29 is 14.3 Å². The highest BCUT2D eigenvalue weighted by molar-refractivity contribution is 6.29. The quantitative estimate of drug-likeness (QED) is 0.585. The van der Waals surface area contributed by atoms with E-state index in [1.54, 1.807) is 14.2 Å². The molecule has 7 nitrogen and oxygen atoms in total. The maximum absolute atomic E-state index is 13.8. The van der Waals surface area contributed by atoms with E-state index in [0.717, 1.165) is 29.1 Å². The Hall–Kier alpha value is -3.48. The van der Waals surface area contributed by atoms with Gasteiger partial charge in [-0.15, -0.1) is 0 Å². The Bertz CT molecular complexity index is 1170. The summed E-state index contributed by atoms with van der Waals surface area (Å²) in [6.45, 7) is 4.70. The molecule has 5 rings (SSSR count). The summed E-state index contributed by atoms with van der Waals surface area (Å²) in [5.74, 6) is 3.33. The summed E-state index contributed by atoms with van der Waals surface area (Å²) >= 11 is 0. The van der Waals surface area contributed by atoms with Crippen LogP contribution in [0.4, 0.5) is 5.69 Å². The molecule has 2 aromatic carbocycles. The Morgan fingerprint density at radius 3 is 2.44 bits per heavy atom. The van der Waals surface area contributed by atoms with E-state index in [-0.39, 0.29) is 5.78 Å². The third kappa shape index (κ3) is 3.38. The van der Waals surface area contributed by atoms with E-state index >= 15 is 0 Å². The molecule has 0 amide bonds. The SMILES string of the molecule is COc1cc(OC)cc(N2C(NCC3CC3)=C(c3nc4ccccc4[nH]3)C(=O)C2(C)C)c1. The number of ether oxygens (including phenoxy) is 2. The minimum atomic E-state index is -0.822. The summed E-state index contributed by atoms with van der Waals surface area (Å²) in [5.41, 5.74) is 2.32. The van der Waals surface area contributed by atoms with Gasteiger partial charge in [0, 0.05) is 24.7 Å². The number of anilines is 1. The van der Waals surface area contributed by atoms with Crippen LogP contribution in [0.15, 0.2) is 48.3 Å². The number of ketones is 1. The van der Waals surface area contributed by atoms with Crippen molar-refractivity contribution in [2.24, 2.45) is 5.92 Å². The molecule has 1 aromatic heterocycles. The third-order valence-corrected chi connectivity index (χ3v) is 6.28. The number of para-hydroxylation sites is 2. The number of carbonyl (C=O) groups excluding carboxylic acids is 1. The molecule has 1 fully saturated rings. The number of benzene rings is 2. The van der Waals surface area contributed by atoms with Crippen LogP contribution in [0.5, 0.6) is 11.5 Å². The predicted octanol–water partition coefficient (Wildman–Crippen LogP) is 4.12. The molecule has 2 aliphatic rings. The molecule has 0 spiro atoms. The number of aromatic amines is 1. The highest BCUT2D eigenvalue weighted by atomic mass is 16.5. The van der Waals surface area contributed by atoms with Crippen LogP contribution in [0.3, 0.4) is 0 Å². The van der Waals surface area contributed by atoms with E-state index < -0.39 is 5.54 Å². The van der Waals surface area contributed by atoms with Crippen molar-refractivity contribution in [3.8, 4) is 11.5 Å². The van der Waals surface area contributed by atoms with Crippen LogP contribution in [0.1, 0.15) is 32.5 Å². The van der Waals surface area contributed by atoms with Gasteiger partial charge < -0.3 is 24.7 Å². The van der Waals surface area contributed by atoms with Crippen LogP contribution in [-0.4, -0.2) is 42.1 Å². The van der Waals surface area contributed by atoms with Crippen LogP contribution < -0.4 is 19.7 Å². The molecule has 1 aliphatic carbocycles. The van der Waals surface area contributed by atoms with E-state index in [9.17, 15) is 4.79 Å². The Morgan fingerprint density at radius 2 is 1.81 bits per heavy atom. The molecule has 166 valence electrons. The average Bonchev–Trinajstić information content (AvgIpc) is 3.48. The van der Waals surface area contributed by atoms with Crippen molar-refractivity contribution in [3.05, 3.63) is 54.1 Å². The Kier molecular flexibility index (Phi) is 4.84. The van der Waals surface area contributed by atoms with E-state index in [1.807, 2.05) is 61.2 Å². The monoisotopic (exact) mass is 432 g/mol. The zero-order valence-corrected chi connectivity index (χ0v) is 18.9. The lowest BCUT2D eigenvalue weighted by Crippen LogP contribution is -2.46. The second-order valence-electron chi connectivity index (χ2n) is 8.94. The van der Waals surface area contributed by atoms with Crippen molar-refractivity contribution in [3.63, 3.8) is 0 Å². The number of aromatic nitrogens is 2. The number of hydrogen-bond acceptors (Lipinski definition) is 6. The lowest BCUT2D eigenvalue weighted by molar-refractivity contribution is -0.116. The molecule has 0 atom stereocenters. The number of carbonyl (C=O) groups is 1. The number of rotatable bonds is 7. The number of methoxy groups -OCH3 is 2. The lowest BCUT2D eigenvalue weighted by atomic mass is 9.95. The number of Topliss-reactive ketones (excluding diaryl/α,β-unsaturated/α-hetero) is 1. The zero-order chi connectivity index (χ0) is 22.5. The van der Waals surface area contributed by atoms with Crippen molar-refractivity contribution >= 4 is 28.1 Å². The molecule has 0 unspecified atom stereocenters. The average molecular weight is 433 g/mol. The molecular weight excluding hydrogens is 404 g/mol. The molecule has 7 heteroatoms. The number of imidazole rings is 1. The summed E-state index contributed by atoms with van der Waals surface area (Å²) in [6.07, 6.45) is 2.43. The van der Waals surface area contributed by atoms with Crippen molar-refractivity contribution in [2.75, 3.05) is 25.7 Å². The molecule has 1 saturated carbocycles. The number of nitrogens with one attached hydrogen (secondary N) is 2. The van der Waals surface area contributed by atoms with Gasteiger partial charge in [-0.1, -0.05) is 12.1 Å². The highest BCUT2D eigenvalue weighted by Crippen LogP contribution is 2.43. The highest BCUT2D eigenvalue weighted by Gasteiger charge is 2.48. The third-order valence-electron chi connectivity index (χ3n) is 6.28. The van der Waals surface area contributed by atoms with Crippen LogP contribution in [-0.2, 0) is 4.79 Å². The van der Waals surface area contributed by atoms with Crippen LogP contribution in [0.2, 0.25) is 0 Å². The maximum atomic E-state index is 13.8. The summed E-state index contributed by atoms with van der Waals surface area (Å²) in [5, 5.41) is 3.59. The van der Waals surface area contributed by atoms with Gasteiger partial charge in [0.1, 0.15) is 34.3 Å². The Morgan fingerprint density at radius 1 is 1.12 bits per heavy atom. The second-order valence-corrected chi connectivity index (χ2v) is 8.94. The van der Waals surface area contributed by atoms with E-state index in [2.05, 4.69) is 10.3 Å². The normalized spacial score (nSPS) is 17.9. The van der Waals surface area contributed by atoms with Crippen molar-refractivity contribution in [1.29, 1.82) is 0 Å². The van der Waals surface area contributed by atoms with Gasteiger partial charge in [0.15, 0.2) is 5.78 Å². The molecule has 0 radical (unpaired) electrons. The minimum Gasteiger partial charge on any atom is -0.497 e. The molecule has 0 saturated heterocycles. The number of hydrogen-bond donors (Lipinski definition) is 2. The maximum Gasteiger partial charge on any atom is 0.195 e. The molecule has 1 aliphatic heterocycles. The van der Waals surface area contributed by atoms with Gasteiger partial charge in [-0.2, -0.15) is 0 Å². The Balaban J connectivity index is 1.69. The standard InChI is InChI=1S/C25H28N4O3/c1-25(2)22(30)21(23-27-19-7-5-6-8-20(19)28-23)24(26-14-15-9-10-15)29(25)16-11-17(31-3)13-18(12-16)32-4/h5-8,11-13,15,26H,9-10,14H2,1-4H3,(H,27,28). The molecular formula is C25H28N4O3. The lowest BCUT2D eigenvalue weighted by Gasteiger charge is -2.35. The van der Waals surface area contributed by atoms with Gasteiger partial charge in [0.2, 0.25) is 0 Å². The largest absolute Gasteiger partial charge is 0.497 e. The second kappa shape index (κ2) is 7.58.